The van der Waals surface area contributed by atoms with Crippen LogP contribution in [0.2, 0.25) is 0 Å². The van der Waals surface area contributed by atoms with Crippen LogP contribution < -0.4 is 0 Å². The van der Waals surface area contributed by atoms with Crippen LogP contribution in [0.1, 0.15) is 47.2 Å². The molecule has 3 aromatic rings. The van der Waals surface area contributed by atoms with Gasteiger partial charge in [0.25, 0.3) is 0 Å². The van der Waals surface area contributed by atoms with Gasteiger partial charge < -0.3 is 5.11 Å². The summed E-state index contributed by atoms with van der Waals surface area (Å²) in [5.41, 5.74) is -1.83. The summed E-state index contributed by atoms with van der Waals surface area (Å²) in [6, 6.07) is 13.9. The van der Waals surface area contributed by atoms with Crippen LogP contribution in [0.3, 0.4) is 0 Å². The Morgan fingerprint density at radius 3 is 1.78 bits per heavy atom. The Hall–Kier alpha value is -1.83. The van der Waals surface area contributed by atoms with E-state index in [4.69, 9.17) is 17.0 Å². The molecule has 0 aliphatic carbocycles. The fourth-order valence-corrected chi connectivity index (χ4v) is 3.54. The van der Waals surface area contributed by atoms with E-state index in [0.29, 0.717) is 23.3 Å². The number of aryl methyl sites for hydroxylation is 1. The van der Waals surface area contributed by atoms with Gasteiger partial charge in [0.15, 0.2) is 0 Å². The number of aromatic hydroxyl groups is 1. The zero-order valence-corrected chi connectivity index (χ0v) is 23.2. The van der Waals surface area contributed by atoms with E-state index in [1.807, 2.05) is 44.2 Å². The Bertz CT molecular complexity index is 1180. The third-order valence-electron chi connectivity index (χ3n) is 5.52. The van der Waals surface area contributed by atoms with Crippen LogP contribution in [0, 0.1) is 6.92 Å². The molecule has 11 heteroatoms. The average molecular weight is 628 g/mol. The van der Waals surface area contributed by atoms with Crippen molar-refractivity contribution in [2.45, 2.75) is 38.5 Å². The Kier molecular flexibility index (Phi) is 10.3. The van der Waals surface area contributed by atoms with Gasteiger partial charge in [0, 0.05) is 22.8 Å². The molecule has 0 aromatic heterocycles. The van der Waals surface area contributed by atoms with Crippen molar-refractivity contribution < 1.29 is 52.3 Å². The number of phenolic OH excluding ortho intramolecular Hbond substituents is 1. The topological polar surface area (TPSA) is 32.6 Å². The van der Waals surface area contributed by atoms with Crippen molar-refractivity contribution in [1.29, 1.82) is 0 Å². The normalized spacial score (nSPS) is 12.3. The summed E-state index contributed by atoms with van der Waals surface area (Å²) in [5, 5.41) is 11.0. The van der Waals surface area contributed by atoms with Crippen molar-refractivity contribution in [2.75, 3.05) is 0 Å². The molecule has 0 heterocycles. The Balaban J connectivity index is 0.00000145. The van der Waals surface area contributed by atoms with Crippen LogP contribution >= 0.6 is 17.0 Å². The van der Waals surface area contributed by atoms with Crippen molar-refractivity contribution in [3.05, 3.63) is 94.0 Å². The molecule has 0 aliphatic rings. The van der Waals surface area contributed by atoms with Crippen LogP contribution in [0.5, 0.6) is 5.75 Å². The van der Waals surface area contributed by atoms with E-state index in [9.17, 15) is 31.4 Å². The molecule has 192 valence electrons. The molecule has 0 spiro atoms. The third kappa shape index (κ3) is 7.59. The first-order chi connectivity index (χ1) is 16.6. The van der Waals surface area contributed by atoms with Gasteiger partial charge in [0.05, 0.1) is 16.8 Å². The summed E-state index contributed by atoms with van der Waals surface area (Å²) in [6.07, 6.45) is -8.85. The van der Waals surface area contributed by atoms with Gasteiger partial charge in [-0.2, -0.15) is 26.3 Å². The average Bonchev–Trinajstić information content (AvgIpc) is 2.78. The molecule has 3 aromatic carbocycles. The molecule has 0 bridgehead atoms. The number of halogens is 8. The van der Waals surface area contributed by atoms with Crippen molar-refractivity contribution in [3.8, 4) is 5.75 Å². The van der Waals surface area contributed by atoms with E-state index >= 15 is 0 Å². The number of hydrogen-bond acceptors (Lipinski definition) is 2. The first-order valence-electron chi connectivity index (χ1n) is 10.3. The van der Waals surface area contributed by atoms with Crippen LogP contribution in [-0.4, -0.2) is 11.3 Å². The van der Waals surface area contributed by atoms with Gasteiger partial charge in [-0.25, -0.2) is 0 Å². The number of alkyl halides is 6. The number of phenols is 1. The second-order valence-electron chi connectivity index (χ2n) is 8.28. The van der Waals surface area contributed by atoms with E-state index in [1.54, 1.807) is 19.1 Å². The molecule has 1 N–H and O–H groups in total. The molecular weight excluding hydrogens is 606 g/mol. The zero-order valence-electron chi connectivity index (χ0n) is 19.3. The van der Waals surface area contributed by atoms with Crippen molar-refractivity contribution in [2.24, 2.45) is 4.99 Å². The van der Waals surface area contributed by atoms with Gasteiger partial charge in [-0.05, 0) is 36.2 Å². The standard InChI is InChI=1S/C25H21F6NO.2ClH.Zr/c1-15-9-10-21(23(2,3)16-7-5-4-6-8-16)22(33)20(15)14-32-19-12-17(24(26,27)28)11-18(13-19)25(29,30)31;;;/h4-14,33H,1-3H3;2*1H;/q;;;+2/p-2. The van der Waals surface area contributed by atoms with Gasteiger partial charge in [-0.1, -0.05) is 56.3 Å². The monoisotopic (exact) mass is 625 g/mol. The quantitative estimate of drug-likeness (QED) is 0.227. The van der Waals surface area contributed by atoms with Crippen molar-refractivity contribution in [1.82, 2.24) is 0 Å². The number of benzene rings is 3. The molecule has 0 saturated heterocycles. The number of hydrogen-bond donors (Lipinski definition) is 1. The Labute approximate surface area is 223 Å². The molecule has 2 nitrogen and oxygen atoms in total. The minimum absolute atomic E-state index is 0.0464. The summed E-state index contributed by atoms with van der Waals surface area (Å²) in [6.45, 7) is 5.46. The Morgan fingerprint density at radius 1 is 0.806 bits per heavy atom. The summed E-state index contributed by atoms with van der Waals surface area (Å²) in [4.78, 5) is 3.86. The van der Waals surface area contributed by atoms with Gasteiger partial charge in [-0.15, -0.1) is 0 Å². The zero-order chi connectivity index (χ0) is 27.3. The molecule has 0 unspecified atom stereocenters. The van der Waals surface area contributed by atoms with Crippen LogP contribution in [-0.2, 0) is 38.6 Å². The van der Waals surface area contributed by atoms with Gasteiger partial charge in [0.1, 0.15) is 5.75 Å². The molecule has 0 saturated carbocycles. The predicted molar refractivity (Wildman–Crippen MR) is 127 cm³/mol. The number of aliphatic imine (C=N–C) groups is 1. The van der Waals surface area contributed by atoms with Crippen molar-refractivity contribution in [3.63, 3.8) is 0 Å². The fraction of sp³-hybridized carbons (Fsp3) is 0.240. The van der Waals surface area contributed by atoms with Crippen molar-refractivity contribution >= 4 is 28.9 Å². The number of nitrogens with zero attached hydrogens (tertiary/aromatic N) is 1. The Morgan fingerprint density at radius 2 is 1.31 bits per heavy atom. The summed E-state index contributed by atoms with van der Waals surface area (Å²) < 4.78 is 78.7. The van der Waals surface area contributed by atoms with Gasteiger partial charge in [0.2, 0.25) is 0 Å². The second kappa shape index (κ2) is 12.1. The summed E-state index contributed by atoms with van der Waals surface area (Å²) >= 11 is -0.826. The summed E-state index contributed by atoms with van der Waals surface area (Å²) in [7, 11) is 9.87. The first-order valence-corrected chi connectivity index (χ1v) is 16.6. The molecule has 0 atom stereocenters. The molecule has 3 rings (SSSR count). The predicted octanol–water partition coefficient (Wildman–Crippen LogP) is 9.19. The second-order valence-corrected chi connectivity index (χ2v) is 12.0. The summed E-state index contributed by atoms with van der Waals surface area (Å²) in [5.74, 6) is -0.143. The van der Waals surface area contributed by atoms with E-state index in [-0.39, 0.29) is 17.4 Å². The molecule has 0 aliphatic heterocycles. The van der Waals surface area contributed by atoms with Crippen LogP contribution in [0.4, 0.5) is 32.0 Å². The minimum atomic E-state index is -4.97. The maximum absolute atomic E-state index is 13.1. The van der Waals surface area contributed by atoms with Crippen LogP contribution in [0.15, 0.2) is 65.7 Å². The molecule has 0 radical (unpaired) electrons. The van der Waals surface area contributed by atoms with E-state index in [0.717, 1.165) is 11.8 Å². The van der Waals surface area contributed by atoms with E-state index in [1.165, 1.54) is 0 Å². The third-order valence-corrected chi connectivity index (χ3v) is 5.52. The van der Waals surface area contributed by atoms with Crippen LogP contribution in [0.25, 0.3) is 0 Å². The molecular formula is C25H21Cl2F6NOZr. The van der Waals surface area contributed by atoms with Gasteiger partial charge in [-0.3, -0.25) is 4.99 Å². The maximum atomic E-state index is 13.1. The molecule has 0 fully saturated rings. The SMILES string of the molecule is Cc1ccc(C(C)(C)c2ccccc2)c(O)c1C=Nc1cc(C(F)(F)F)cc(C(F)(F)F)c1.[Cl][Zr][Cl]. The fourth-order valence-electron chi connectivity index (χ4n) is 3.54. The molecule has 36 heavy (non-hydrogen) atoms. The first kappa shape index (κ1) is 30.4. The molecule has 0 amide bonds. The van der Waals surface area contributed by atoms with E-state index in [2.05, 4.69) is 4.99 Å². The van der Waals surface area contributed by atoms with E-state index < -0.39 is 55.4 Å². The number of rotatable bonds is 4. The van der Waals surface area contributed by atoms with Gasteiger partial charge >= 0.3 is 50.2 Å².